The number of esters is 1. The third-order valence-electron chi connectivity index (χ3n) is 4.79. The highest BCUT2D eigenvalue weighted by Crippen LogP contribution is 2.35. The van der Waals surface area contributed by atoms with Gasteiger partial charge in [0.1, 0.15) is 0 Å². The summed E-state index contributed by atoms with van der Waals surface area (Å²) in [6, 6.07) is 13.1. The van der Waals surface area contributed by atoms with Crippen LogP contribution in [0.2, 0.25) is 0 Å². The molecule has 1 aliphatic heterocycles. The number of anilines is 2. The van der Waals surface area contributed by atoms with Gasteiger partial charge in [0.25, 0.3) is 0 Å². The van der Waals surface area contributed by atoms with Crippen molar-refractivity contribution in [2.45, 2.75) is 32.0 Å². The molecule has 0 spiro atoms. The number of aryl methyl sites for hydroxylation is 1. The molecule has 7 heteroatoms. The average molecular weight is 392 g/mol. The zero-order valence-corrected chi connectivity index (χ0v) is 15.6. The molecule has 1 N–H and O–H groups in total. The maximum Gasteiger partial charge on any atom is 0.416 e. The Labute approximate surface area is 162 Å². The van der Waals surface area contributed by atoms with E-state index in [1.807, 2.05) is 29.2 Å². The lowest BCUT2D eigenvalue weighted by atomic mass is 10.1. The Balaban J connectivity index is 1.84. The van der Waals surface area contributed by atoms with E-state index in [2.05, 4.69) is 5.32 Å². The van der Waals surface area contributed by atoms with Gasteiger partial charge in [-0.05, 0) is 55.7 Å². The number of alkyl halides is 3. The number of carbonyl (C=O) groups is 1. The molecule has 2 aromatic carbocycles. The summed E-state index contributed by atoms with van der Waals surface area (Å²) in [5.74, 6) is -0.314. The van der Waals surface area contributed by atoms with Gasteiger partial charge in [0.05, 0.1) is 18.7 Å². The Bertz CT molecular complexity index is 806. The minimum Gasteiger partial charge on any atom is -0.465 e. The molecule has 3 rings (SSSR count). The number of nitrogens with zero attached hydrogens (tertiary/aromatic N) is 1. The molecule has 0 aliphatic carbocycles. The molecule has 0 saturated heterocycles. The van der Waals surface area contributed by atoms with Crippen molar-refractivity contribution in [1.29, 1.82) is 0 Å². The largest absolute Gasteiger partial charge is 0.465 e. The van der Waals surface area contributed by atoms with E-state index in [0.717, 1.165) is 36.2 Å². The highest BCUT2D eigenvalue weighted by molar-refractivity contribution is 5.72. The van der Waals surface area contributed by atoms with Crippen LogP contribution in [0, 0.1) is 0 Å². The van der Waals surface area contributed by atoms with Gasteiger partial charge in [-0.15, -0.1) is 0 Å². The third kappa shape index (κ3) is 4.84. The normalized spacial score (nSPS) is 17.0. The number of ether oxygens (including phenoxy) is 1. The lowest BCUT2D eigenvalue weighted by Gasteiger charge is -2.28. The van der Waals surface area contributed by atoms with Crippen LogP contribution >= 0.6 is 0 Å². The lowest BCUT2D eigenvalue weighted by molar-refractivity contribution is -0.142. The zero-order valence-electron chi connectivity index (χ0n) is 15.6. The van der Waals surface area contributed by atoms with Crippen molar-refractivity contribution in [1.82, 2.24) is 5.32 Å². The number of benzene rings is 2. The molecule has 150 valence electrons. The van der Waals surface area contributed by atoms with Crippen LogP contribution < -0.4 is 10.2 Å². The van der Waals surface area contributed by atoms with Crippen LogP contribution in [0.25, 0.3) is 0 Å². The van der Waals surface area contributed by atoms with E-state index in [1.165, 1.54) is 12.1 Å². The summed E-state index contributed by atoms with van der Waals surface area (Å²) in [5.41, 5.74) is 2.12. The van der Waals surface area contributed by atoms with Crippen molar-refractivity contribution < 1.29 is 22.7 Å². The van der Waals surface area contributed by atoms with Gasteiger partial charge in [-0.1, -0.05) is 18.2 Å². The van der Waals surface area contributed by atoms with Crippen molar-refractivity contribution in [2.24, 2.45) is 0 Å². The summed E-state index contributed by atoms with van der Waals surface area (Å²) in [6.45, 7) is 2.73. The summed E-state index contributed by atoms with van der Waals surface area (Å²) in [7, 11) is 0. The summed E-state index contributed by atoms with van der Waals surface area (Å²) in [4.78, 5) is 13.7. The first-order valence-corrected chi connectivity index (χ1v) is 9.30. The molecule has 1 aliphatic rings. The Morgan fingerprint density at radius 2 is 1.89 bits per heavy atom. The first kappa shape index (κ1) is 20.2. The number of hydrogen-bond acceptors (Lipinski definition) is 4. The predicted octanol–water partition coefficient (Wildman–Crippen LogP) is 4.31. The van der Waals surface area contributed by atoms with Gasteiger partial charge in [-0.3, -0.25) is 4.79 Å². The number of para-hydroxylation sites is 1. The van der Waals surface area contributed by atoms with E-state index < -0.39 is 11.7 Å². The second-order valence-corrected chi connectivity index (χ2v) is 6.71. The number of rotatable bonds is 5. The van der Waals surface area contributed by atoms with Crippen molar-refractivity contribution in [2.75, 3.05) is 24.6 Å². The van der Waals surface area contributed by atoms with E-state index >= 15 is 0 Å². The summed E-state index contributed by atoms with van der Waals surface area (Å²) in [6.07, 6.45) is -2.74. The molecule has 28 heavy (non-hydrogen) atoms. The maximum atomic E-state index is 12.9. The molecule has 1 atom stereocenters. The van der Waals surface area contributed by atoms with Crippen LogP contribution in [-0.2, 0) is 22.1 Å². The molecule has 2 aromatic rings. The summed E-state index contributed by atoms with van der Waals surface area (Å²) >= 11 is 0. The molecule has 1 unspecified atom stereocenters. The van der Waals surface area contributed by atoms with Crippen LogP contribution in [0.5, 0.6) is 0 Å². The van der Waals surface area contributed by atoms with Crippen LogP contribution in [0.15, 0.2) is 48.5 Å². The second kappa shape index (κ2) is 8.65. The standard InChI is InChI=1S/C21H23F3N2O2/c1-2-28-20(27)13-25-17-10-7-15-5-3-4-6-19(15)26(14-17)18-11-8-16(9-12-18)21(22,23)24/h3-6,8-9,11-12,17,25H,2,7,10,13-14H2,1H3. The van der Waals surface area contributed by atoms with Gasteiger partial charge in [0, 0.05) is 24.0 Å². The van der Waals surface area contributed by atoms with E-state index in [0.29, 0.717) is 18.8 Å². The third-order valence-corrected chi connectivity index (χ3v) is 4.79. The highest BCUT2D eigenvalue weighted by Gasteiger charge is 2.30. The number of fused-ring (bicyclic) bond motifs is 1. The first-order valence-electron chi connectivity index (χ1n) is 9.30. The number of hydrogen-bond donors (Lipinski definition) is 1. The SMILES string of the molecule is CCOC(=O)CNC1CCc2ccccc2N(c2ccc(C(F)(F)F)cc2)C1. The van der Waals surface area contributed by atoms with Gasteiger partial charge in [0.15, 0.2) is 0 Å². The van der Waals surface area contributed by atoms with E-state index in [9.17, 15) is 18.0 Å². The van der Waals surface area contributed by atoms with Crippen LogP contribution in [0.1, 0.15) is 24.5 Å². The molecule has 0 fully saturated rings. The zero-order chi connectivity index (χ0) is 20.1. The van der Waals surface area contributed by atoms with Gasteiger partial charge < -0.3 is 15.0 Å². The van der Waals surface area contributed by atoms with Gasteiger partial charge in [-0.2, -0.15) is 13.2 Å². The number of carbonyl (C=O) groups excluding carboxylic acids is 1. The Morgan fingerprint density at radius 1 is 1.18 bits per heavy atom. The van der Waals surface area contributed by atoms with Crippen LogP contribution in [0.3, 0.4) is 0 Å². The fraction of sp³-hybridized carbons (Fsp3) is 0.381. The van der Waals surface area contributed by atoms with E-state index in [4.69, 9.17) is 4.74 Å². The Hall–Kier alpha value is -2.54. The Kier molecular flexibility index (Phi) is 6.24. The predicted molar refractivity (Wildman–Crippen MR) is 102 cm³/mol. The molecular weight excluding hydrogens is 369 g/mol. The second-order valence-electron chi connectivity index (χ2n) is 6.71. The minimum atomic E-state index is -4.36. The fourth-order valence-electron chi connectivity index (χ4n) is 3.41. The average Bonchev–Trinajstić information content (AvgIpc) is 2.86. The van der Waals surface area contributed by atoms with Gasteiger partial charge >= 0.3 is 12.1 Å². The topological polar surface area (TPSA) is 41.6 Å². The van der Waals surface area contributed by atoms with Crippen molar-refractivity contribution in [3.05, 3.63) is 59.7 Å². The highest BCUT2D eigenvalue weighted by atomic mass is 19.4. The van der Waals surface area contributed by atoms with Crippen molar-refractivity contribution >= 4 is 17.3 Å². The van der Waals surface area contributed by atoms with Crippen LogP contribution in [0.4, 0.5) is 24.5 Å². The first-order chi connectivity index (χ1) is 13.4. The molecule has 0 aromatic heterocycles. The quantitative estimate of drug-likeness (QED) is 0.770. The molecular formula is C21H23F3N2O2. The number of halogens is 3. The monoisotopic (exact) mass is 392 g/mol. The molecule has 1 heterocycles. The molecule has 0 bridgehead atoms. The molecule has 0 saturated carbocycles. The lowest BCUT2D eigenvalue weighted by Crippen LogP contribution is -2.41. The Morgan fingerprint density at radius 3 is 2.57 bits per heavy atom. The molecule has 0 radical (unpaired) electrons. The van der Waals surface area contributed by atoms with Gasteiger partial charge in [0.2, 0.25) is 0 Å². The summed E-state index contributed by atoms with van der Waals surface area (Å²) in [5, 5.41) is 3.22. The van der Waals surface area contributed by atoms with Gasteiger partial charge in [-0.25, -0.2) is 0 Å². The van der Waals surface area contributed by atoms with Crippen molar-refractivity contribution in [3.8, 4) is 0 Å². The van der Waals surface area contributed by atoms with E-state index in [1.54, 1.807) is 6.92 Å². The maximum absolute atomic E-state index is 12.9. The smallest absolute Gasteiger partial charge is 0.416 e. The number of nitrogens with one attached hydrogen (secondary N) is 1. The van der Waals surface area contributed by atoms with Crippen LogP contribution in [-0.4, -0.2) is 31.7 Å². The fourth-order valence-corrected chi connectivity index (χ4v) is 3.41. The van der Waals surface area contributed by atoms with Crippen molar-refractivity contribution in [3.63, 3.8) is 0 Å². The molecule has 0 amide bonds. The molecule has 4 nitrogen and oxygen atoms in total. The van der Waals surface area contributed by atoms with E-state index in [-0.39, 0.29) is 18.6 Å². The minimum absolute atomic E-state index is 0.000834. The summed E-state index contributed by atoms with van der Waals surface area (Å²) < 4.78 is 43.7.